The largest absolute Gasteiger partial charge is 0.481 e. The molecule has 0 saturated carbocycles. The first-order chi connectivity index (χ1) is 8.71. The Bertz CT molecular complexity index is 377. The summed E-state index contributed by atoms with van der Waals surface area (Å²) in [7, 11) is 5.29. The molecule has 0 bridgehead atoms. The number of likely N-dealkylation sites (N-methyl/N-ethyl adjacent to an activating group) is 1. The number of nitrogens with zero attached hydrogens (tertiary/aromatic N) is 3. The molecule has 1 aromatic rings. The summed E-state index contributed by atoms with van der Waals surface area (Å²) in [5, 5.41) is 3.34. The average Bonchev–Trinajstić information content (AvgIpc) is 2.38. The van der Waals surface area contributed by atoms with Crippen molar-refractivity contribution in [2.24, 2.45) is 0 Å². The van der Waals surface area contributed by atoms with E-state index >= 15 is 0 Å². The number of piperidine rings is 1. The van der Waals surface area contributed by atoms with Crippen LogP contribution in [-0.4, -0.2) is 55.3 Å². The van der Waals surface area contributed by atoms with Gasteiger partial charge in [0.05, 0.1) is 20.3 Å². The number of aromatic nitrogens is 2. The Hall–Kier alpha value is -1.56. The molecule has 2 rings (SSSR count). The Labute approximate surface area is 107 Å². The monoisotopic (exact) mass is 252 g/mol. The van der Waals surface area contributed by atoms with Crippen molar-refractivity contribution in [2.75, 3.05) is 39.7 Å². The third kappa shape index (κ3) is 3.22. The summed E-state index contributed by atoms with van der Waals surface area (Å²) in [6, 6.07) is 2.04. The lowest BCUT2D eigenvalue weighted by Crippen LogP contribution is -2.40. The van der Waals surface area contributed by atoms with Crippen molar-refractivity contribution in [3.63, 3.8) is 0 Å². The maximum atomic E-state index is 5.13. The Morgan fingerprint density at radius 1 is 1.28 bits per heavy atom. The minimum atomic E-state index is 0.376. The van der Waals surface area contributed by atoms with Crippen LogP contribution in [0.2, 0.25) is 0 Å². The summed E-state index contributed by atoms with van der Waals surface area (Å²) in [5.74, 6) is 1.58. The summed E-state index contributed by atoms with van der Waals surface area (Å²) < 4.78 is 10.3. The van der Waals surface area contributed by atoms with Gasteiger partial charge in [0.25, 0.3) is 0 Å². The standard InChI is InChI=1S/C12H20N4O2/c1-16-6-4-5-9(8-16)13-12-14-10(17-2)7-11(15-12)18-3/h7,9H,4-6,8H2,1-3H3,(H,13,14,15). The molecule has 0 radical (unpaired) electrons. The highest BCUT2D eigenvalue weighted by molar-refractivity contribution is 5.34. The second-order valence-corrected chi connectivity index (χ2v) is 4.52. The number of rotatable bonds is 4. The Morgan fingerprint density at radius 2 is 1.94 bits per heavy atom. The van der Waals surface area contributed by atoms with Crippen molar-refractivity contribution in [3.05, 3.63) is 6.07 Å². The molecule has 1 aliphatic heterocycles. The van der Waals surface area contributed by atoms with Crippen LogP contribution in [0.4, 0.5) is 5.95 Å². The summed E-state index contributed by atoms with van der Waals surface area (Å²) in [6.07, 6.45) is 2.32. The fourth-order valence-corrected chi connectivity index (χ4v) is 2.14. The van der Waals surface area contributed by atoms with Crippen LogP contribution in [0, 0.1) is 0 Å². The topological polar surface area (TPSA) is 59.5 Å². The van der Waals surface area contributed by atoms with Gasteiger partial charge in [-0.1, -0.05) is 0 Å². The van der Waals surface area contributed by atoms with Crippen molar-refractivity contribution in [1.82, 2.24) is 14.9 Å². The van der Waals surface area contributed by atoms with Crippen LogP contribution in [-0.2, 0) is 0 Å². The highest BCUT2D eigenvalue weighted by atomic mass is 16.5. The summed E-state index contributed by atoms with van der Waals surface area (Å²) >= 11 is 0. The number of ether oxygens (including phenoxy) is 2. The van der Waals surface area contributed by atoms with E-state index in [1.807, 2.05) is 0 Å². The number of anilines is 1. The molecule has 18 heavy (non-hydrogen) atoms. The van der Waals surface area contributed by atoms with Gasteiger partial charge in [-0.05, 0) is 26.4 Å². The highest BCUT2D eigenvalue weighted by Gasteiger charge is 2.18. The third-order valence-corrected chi connectivity index (χ3v) is 3.06. The highest BCUT2D eigenvalue weighted by Crippen LogP contribution is 2.19. The summed E-state index contributed by atoms with van der Waals surface area (Å²) in [6.45, 7) is 2.16. The van der Waals surface area contributed by atoms with E-state index in [1.165, 1.54) is 6.42 Å². The molecule has 1 aromatic heterocycles. The van der Waals surface area contributed by atoms with Gasteiger partial charge in [0.15, 0.2) is 0 Å². The van der Waals surface area contributed by atoms with E-state index in [0.717, 1.165) is 19.5 Å². The van der Waals surface area contributed by atoms with E-state index in [2.05, 4.69) is 27.2 Å². The number of likely N-dealkylation sites (tertiary alicyclic amines) is 1. The van der Waals surface area contributed by atoms with Crippen molar-refractivity contribution in [1.29, 1.82) is 0 Å². The molecule has 1 unspecified atom stereocenters. The summed E-state index contributed by atoms with van der Waals surface area (Å²) in [5.41, 5.74) is 0. The van der Waals surface area contributed by atoms with Crippen molar-refractivity contribution < 1.29 is 9.47 Å². The number of hydrogen-bond donors (Lipinski definition) is 1. The Balaban J connectivity index is 2.07. The van der Waals surface area contributed by atoms with Gasteiger partial charge in [0.1, 0.15) is 0 Å². The van der Waals surface area contributed by atoms with Gasteiger partial charge >= 0.3 is 0 Å². The quantitative estimate of drug-likeness (QED) is 0.862. The van der Waals surface area contributed by atoms with Gasteiger partial charge in [-0.3, -0.25) is 0 Å². The molecule has 2 heterocycles. The minimum absolute atomic E-state index is 0.376. The molecule has 1 N–H and O–H groups in total. The van der Waals surface area contributed by atoms with E-state index in [0.29, 0.717) is 23.8 Å². The lowest BCUT2D eigenvalue weighted by molar-refractivity contribution is 0.260. The SMILES string of the molecule is COc1cc(OC)nc(NC2CCCN(C)C2)n1. The van der Waals surface area contributed by atoms with Crippen LogP contribution in [0.15, 0.2) is 6.07 Å². The molecular formula is C12H20N4O2. The van der Waals surface area contributed by atoms with Gasteiger partial charge in [0, 0.05) is 12.6 Å². The van der Waals surface area contributed by atoms with Crippen molar-refractivity contribution >= 4 is 5.95 Å². The fraction of sp³-hybridized carbons (Fsp3) is 0.667. The molecule has 1 fully saturated rings. The molecule has 0 aromatic carbocycles. The van der Waals surface area contributed by atoms with E-state index in [1.54, 1.807) is 20.3 Å². The molecule has 0 spiro atoms. The lowest BCUT2D eigenvalue weighted by atomic mass is 10.1. The fourth-order valence-electron chi connectivity index (χ4n) is 2.14. The first kappa shape index (κ1) is 12.9. The average molecular weight is 252 g/mol. The molecule has 1 saturated heterocycles. The predicted octanol–water partition coefficient (Wildman–Crippen LogP) is 1.000. The van der Waals surface area contributed by atoms with Crippen LogP contribution in [0.1, 0.15) is 12.8 Å². The molecule has 1 aliphatic rings. The normalized spacial score (nSPS) is 20.5. The second kappa shape index (κ2) is 5.86. The molecule has 6 nitrogen and oxygen atoms in total. The zero-order valence-corrected chi connectivity index (χ0v) is 11.1. The minimum Gasteiger partial charge on any atom is -0.481 e. The van der Waals surface area contributed by atoms with Gasteiger partial charge in [-0.2, -0.15) is 9.97 Å². The molecule has 0 aliphatic carbocycles. The lowest BCUT2D eigenvalue weighted by Gasteiger charge is -2.30. The Kier molecular flexibility index (Phi) is 4.19. The number of hydrogen-bond acceptors (Lipinski definition) is 6. The van der Waals surface area contributed by atoms with Crippen LogP contribution >= 0.6 is 0 Å². The molecule has 100 valence electrons. The van der Waals surface area contributed by atoms with Gasteiger partial charge in [-0.25, -0.2) is 0 Å². The van der Waals surface area contributed by atoms with Crippen LogP contribution in [0.5, 0.6) is 11.8 Å². The molecule has 0 amide bonds. The molecule has 1 atom stereocenters. The number of nitrogens with one attached hydrogen (secondary N) is 1. The van der Waals surface area contributed by atoms with E-state index in [4.69, 9.17) is 9.47 Å². The maximum absolute atomic E-state index is 5.13. The van der Waals surface area contributed by atoms with Crippen LogP contribution in [0.25, 0.3) is 0 Å². The summed E-state index contributed by atoms with van der Waals surface area (Å²) in [4.78, 5) is 10.9. The second-order valence-electron chi connectivity index (χ2n) is 4.52. The zero-order chi connectivity index (χ0) is 13.0. The number of methoxy groups -OCH3 is 2. The third-order valence-electron chi connectivity index (χ3n) is 3.06. The van der Waals surface area contributed by atoms with Crippen LogP contribution < -0.4 is 14.8 Å². The first-order valence-corrected chi connectivity index (χ1v) is 6.13. The first-order valence-electron chi connectivity index (χ1n) is 6.13. The molecule has 6 heteroatoms. The maximum Gasteiger partial charge on any atom is 0.229 e. The van der Waals surface area contributed by atoms with Gasteiger partial charge in [0.2, 0.25) is 17.7 Å². The zero-order valence-electron chi connectivity index (χ0n) is 11.1. The van der Waals surface area contributed by atoms with Crippen molar-refractivity contribution in [2.45, 2.75) is 18.9 Å². The Morgan fingerprint density at radius 3 is 2.50 bits per heavy atom. The van der Waals surface area contributed by atoms with E-state index in [-0.39, 0.29) is 0 Å². The predicted molar refractivity (Wildman–Crippen MR) is 69.3 cm³/mol. The van der Waals surface area contributed by atoms with Gasteiger partial charge < -0.3 is 19.7 Å². The van der Waals surface area contributed by atoms with Crippen molar-refractivity contribution in [3.8, 4) is 11.8 Å². The molecular weight excluding hydrogens is 232 g/mol. The van der Waals surface area contributed by atoms with Gasteiger partial charge in [-0.15, -0.1) is 0 Å². The van der Waals surface area contributed by atoms with E-state index in [9.17, 15) is 0 Å². The smallest absolute Gasteiger partial charge is 0.229 e. The van der Waals surface area contributed by atoms with Crippen LogP contribution in [0.3, 0.4) is 0 Å². The van der Waals surface area contributed by atoms with E-state index < -0.39 is 0 Å².